The molecule has 2 heterocycles. The number of benzene rings is 1. The Morgan fingerprint density at radius 3 is 2.22 bits per heavy atom. The van der Waals surface area contributed by atoms with Crippen molar-refractivity contribution in [3.05, 3.63) is 42.2 Å². The number of sulfonamides is 2. The third-order valence-electron chi connectivity index (χ3n) is 4.03. The van der Waals surface area contributed by atoms with Crippen LogP contribution in [-0.4, -0.2) is 50.0 Å². The highest BCUT2D eigenvalue weighted by molar-refractivity contribution is 7.92. The van der Waals surface area contributed by atoms with Crippen molar-refractivity contribution >= 4 is 36.8 Å². The maximum Gasteiger partial charge on any atom is 0.261 e. The minimum absolute atomic E-state index is 0.0144. The molecule has 0 bridgehead atoms. The number of nitrogens with one attached hydrogen (secondary N) is 1. The van der Waals surface area contributed by atoms with Crippen molar-refractivity contribution in [3.8, 4) is 0 Å². The van der Waals surface area contributed by atoms with Crippen LogP contribution in [0, 0.1) is 6.92 Å². The van der Waals surface area contributed by atoms with Crippen molar-refractivity contribution in [1.29, 1.82) is 0 Å². The van der Waals surface area contributed by atoms with E-state index in [0.717, 1.165) is 15.4 Å². The van der Waals surface area contributed by atoms with Gasteiger partial charge in [-0.25, -0.2) is 26.1 Å². The highest BCUT2D eigenvalue weighted by Gasteiger charge is 2.20. The minimum atomic E-state index is -3.90. The monoisotopic (exact) mass is 409 g/mol. The van der Waals surface area contributed by atoms with Crippen molar-refractivity contribution in [2.45, 2.75) is 16.7 Å². The lowest BCUT2D eigenvalue weighted by atomic mass is 10.3. The first-order valence-electron chi connectivity index (χ1n) is 7.87. The van der Waals surface area contributed by atoms with E-state index in [9.17, 15) is 16.8 Å². The molecule has 3 rings (SSSR count). The molecule has 0 radical (unpaired) electrons. The molecule has 0 unspecified atom stereocenters. The van der Waals surface area contributed by atoms with Crippen LogP contribution in [0.15, 0.2) is 46.3 Å². The molecule has 0 saturated heterocycles. The smallest absolute Gasteiger partial charge is 0.261 e. The summed E-state index contributed by atoms with van der Waals surface area (Å²) < 4.78 is 54.5. The molecule has 0 fully saturated rings. The number of aryl methyl sites for hydroxylation is 2. The molecule has 27 heavy (non-hydrogen) atoms. The van der Waals surface area contributed by atoms with Gasteiger partial charge in [0.2, 0.25) is 10.0 Å². The van der Waals surface area contributed by atoms with Crippen LogP contribution in [0.5, 0.6) is 0 Å². The zero-order valence-corrected chi connectivity index (χ0v) is 16.8. The lowest BCUT2D eigenvalue weighted by molar-refractivity contribution is 0.520. The molecule has 11 heteroatoms. The third kappa shape index (κ3) is 3.53. The van der Waals surface area contributed by atoms with Crippen molar-refractivity contribution in [2.24, 2.45) is 7.05 Å². The number of hydrogen-bond donors (Lipinski definition) is 1. The second kappa shape index (κ2) is 6.59. The molecule has 0 aliphatic heterocycles. The number of rotatable bonds is 5. The molecule has 0 aliphatic rings. The van der Waals surface area contributed by atoms with E-state index < -0.39 is 20.0 Å². The highest BCUT2D eigenvalue weighted by atomic mass is 32.2. The van der Waals surface area contributed by atoms with Gasteiger partial charge in [-0.05, 0) is 37.3 Å². The maximum absolute atomic E-state index is 12.6. The average molecular weight is 409 g/mol. The summed E-state index contributed by atoms with van der Waals surface area (Å²) in [6, 6.07) is 6.68. The van der Waals surface area contributed by atoms with Gasteiger partial charge in [0.1, 0.15) is 0 Å². The third-order valence-corrected chi connectivity index (χ3v) is 7.25. The minimum Gasteiger partial charge on any atom is -0.278 e. The lowest BCUT2D eigenvalue weighted by Crippen LogP contribution is -2.22. The van der Waals surface area contributed by atoms with Gasteiger partial charge >= 0.3 is 0 Å². The van der Waals surface area contributed by atoms with E-state index in [4.69, 9.17) is 0 Å². The van der Waals surface area contributed by atoms with E-state index in [2.05, 4.69) is 14.8 Å². The van der Waals surface area contributed by atoms with Crippen molar-refractivity contribution in [1.82, 2.24) is 19.1 Å². The van der Waals surface area contributed by atoms with Crippen LogP contribution in [0.25, 0.3) is 11.0 Å². The first-order chi connectivity index (χ1) is 12.5. The molecule has 3 aromatic rings. The van der Waals surface area contributed by atoms with Gasteiger partial charge in [0.15, 0.2) is 5.65 Å². The lowest BCUT2D eigenvalue weighted by Gasteiger charge is -2.12. The Balaban J connectivity index is 1.92. The molecule has 1 N–H and O–H groups in total. The Morgan fingerprint density at radius 1 is 1.04 bits per heavy atom. The van der Waals surface area contributed by atoms with Gasteiger partial charge in [-0.15, -0.1) is 0 Å². The summed E-state index contributed by atoms with van der Waals surface area (Å²) in [6.45, 7) is 1.81. The van der Waals surface area contributed by atoms with E-state index in [1.807, 2.05) is 6.92 Å². The Hall–Kier alpha value is -2.50. The van der Waals surface area contributed by atoms with Crippen LogP contribution in [0.3, 0.4) is 0 Å². The summed E-state index contributed by atoms with van der Waals surface area (Å²) in [6.07, 6.45) is 1.41. The largest absolute Gasteiger partial charge is 0.278 e. The molecule has 9 nitrogen and oxygen atoms in total. The zero-order chi connectivity index (χ0) is 20.0. The van der Waals surface area contributed by atoms with E-state index in [0.29, 0.717) is 11.3 Å². The highest BCUT2D eigenvalue weighted by Crippen LogP contribution is 2.23. The molecule has 144 valence electrons. The summed E-state index contributed by atoms with van der Waals surface area (Å²) in [5.41, 5.74) is 1.68. The Labute approximate surface area is 157 Å². The number of nitrogens with zero attached hydrogens (tertiary/aromatic N) is 4. The quantitative estimate of drug-likeness (QED) is 0.680. The fourth-order valence-electron chi connectivity index (χ4n) is 2.58. The Kier molecular flexibility index (Phi) is 4.70. The summed E-state index contributed by atoms with van der Waals surface area (Å²) in [5, 5.41) is 4.99. The SMILES string of the molecule is Cc1nn(C)c2ncc(NS(=O)(=O)c3ccc(S(=O)(=O)N(C)C)cc3)cc12. The molecule has 2 aromatic heterocycles. The molecular formula is C16H19N5O4S2. The summed E-state index contributed by atoms with van der Waals surface area (Å²) in [4.78, 5) is 4.20. The standard InChI is InChI=1S/C16H19N5O4S2/c1-11-15-9-12(10-17-16(15)21(4)18-11)19-26(22,23)13-5-7-14(8-6-13)27(24,25)20(2)3/h5-10,19H,1-4H3. The average Bonchev–Trinajstić information content (AvgIpc) is 2.88. The van der Waals surface area contributed by atoms with Gasteiger partial charge in [0, 0.05) is 26.5 Å². The van der Waals surface area contributed by atoms with Crippen LogP contribution in [0.4, 0.5) is 5.69 Å². The molecule has 0 atom stereocenters. The Morgan fingerprint density at radius 2 is 1.63 bits per heavy atom. The second-order valence-corrected chi connectivity index (χ2v) is 10.0. The predicted octanol–water partition coefficient (Wildman–Crippen LogP) is 1.33. The van der Waals surface area contributed by atoms with Crippen LogP contribution >= 0.6 is 0 Å². The van der Waals surface area contributed by atoms with Gasteiger partial charge in [0.05, 0.1) is 27.4 Å². The number of hydrogen-bond acceptors (Lipinski definition) is 6. The van der Waals surface area contributed by atoms with Crippen LogP contribution < -0.4 is 4.72 Å². The molecule has 0 aliphatic carbocycles. The first kappa shape index (κ1) is 19.3. The topological polar surface area (TPSA) is 114 Å². The van der Waals surface area contributed by atoms with Gasteiger partial charge in [-0.3, -0.25) is 9.40 Å². The molecular weight excluding hydrogens is 390 g/mol. The van der Waals surface area contributed by atoms with Crippen molar-refractivity contribution in [3.63, 3.8) is 0 Å². The fourth-order valence-corrected chi connectivity index (χ4v) is 4.52. The second-order valence-electron chi connectivity index (χ2n) is 6.17. The van der Waals surface area contributed by atoms with Gasteiger partial charge in [0.25, 0.3) is 10.0 Å². The van der Waals surface area contributed by atoms with Gasteiger partial charge in [-0.1, -0.05) is 0 Å². The first-order valence-corrected chi connectivity index (χ1v) is 10.8. The molecule has 0 spiro atoms. The number of aromatic nitrogens is 3. The zero-order valence-electron chi connectivity index (χ0n) is 15.2. The summed E-state index contributed by atoms with van der Waals surface area (Å²) in [5.74, 6) is 0. The maximum atomic E-state index is 12.6. The van der Waals surface area contributed by atoms with Crippen LogP contribution in [0.1, 0.15) is 5.69 Å². The van der Waals surface area contributed by atoms with E-state index in [1.54, 1.807) is 17.8 Å². The van der Waals surface area contributed by atoms with E-state index in [-0.39, 0.29) is 9.79 Å². The molecule has 1 aromatic carbocycles. The van der Waals surface area contributed by atoms with E-state index in [1.165, 1.54) is 44.6 Å². The number of pyridine rings is 1. The molecule has 0 saturated carbocycles. The van der Waals surface area contributed by atoms with E-state index >= 15 is 0 Å². The summed E-state index contributed by atoms with van der Waals surface area (Å²) in [7, 11) is -2.95. The number of fused-ring (bicyclic) bond motifs is 1. The normalized spacial score (nSPS) is 12.6. The number of anilines is 1. The summed E-state index contributed by atoms with van der Waals surface area (Å²) >= 11 is 0. The predicted molar refractivity (Wildman–Crippen MR) is 101 cm³/mol. The van der Waals surface area contributed by atoms with Gasteiger partial charge < -0.3 is 0 Å². The van der Waals surface area contributed by atoms with Crippen LogP contribution in [0.2, 0.25) is 0 Å². The Bertz CT molecular complexity index is 1210. The van der Waals surface area contributed by atoms with Crippen LogP contribution in [-0.2, 0) is 27.1 Å². The van der Waals surface area contributed by atoms with Crippen molar-refractivity contribution < 1.29 is 16.8 Å². The van der Waals surface area contributed by atoms with Crippen molar-refractivity contribution in [2.75, 3.05) is 18.8 Å². The van der Waals surface area contributed by atoms with Gasteiger partial charge in [-0.2, -0.15) is 5.10 Å². The molecule has 0 amide bonds. The fraction of sp³-hybridized carbons (Fsp3) is 0.250.